The van der Waals surface area contributed by atoms with Crippen LogP contribution in [0.25, 0.3) is 44.2 Å². The van der Waals surface area contributed by atoms with E-state index in [9.17, 15) is 0 Å². The largest absolute Gasteiger partial charge is 0.456 e. The first kappa shape index (κ1) is 35.9. The Morgan fingerprint density at radius 1 is 0.532 bits per heavy atom. The van der Waals surface area contributed by atoms with Crippen molar-refractivity contribution in [1.29, 1.82) is 0 Å². The number of fused-ring (bicyclic) bond motifs is 15. The Kier molecular flexibility index (Phi) is 7.20. The zero-order valence-corrected chi connectivity index (χ0v) is 35.9. The quantitative estimate of drug-likeness (QED) is 0.181. The smallest absolute Gasteiger partial charge is 0.197 e. The van der Waals surface area contributed by atoms with Crippen molar-refractivity contribution >= 4 is 68.6 Å². The van der Waals surface area contributed by atoms with E-state index in [4.69, 9.17) is 4.42 Å². The molecule has 0 saturated carbocycles. The van der Waals surface area contributed by atoms with Crippen LogP contribution >= 0.6 is 0 Å². The topological polar surface area (TPSA) is 28.4 Å². The third-order valence-corrected chi connectivity index (χ3v) is 15.0. The fourth-order valence-electron chi connectivity index (χ4n) is 12.0. The summed E-state index contributed by atoms with van der Waals surface area (Å²) in [6, 6.07) is 59.1. The Hall–Kier alpha value is -6.78. The van der Waals surface area contributed by atoms with Crippen LogP contribution in [0.3, 0.4) is 0 Å². The summed E-state index contributed by atoms with van der Waals surface area (Å²) in [6.45, 7) is 11.9. The molecule has 297 valence electrons. The zero-order valence-electron chi connectivity index (χ0n) is 35.9. The minimum atomic E-state index is -0.452. The van der Waals surface area contributed by atoms with Crippen LogP contribution in [0, 0.1) is 6.92 Å². The molecule has 2 aliphatic heterocycles. The lowest BCUT2D eigenvalue weighted by Crippen LogP contribution is -2.47. The minimum Gasteiger partial charge on any atom is -0.456 e. The van der Waals surface area contributed by atoms with Crippen LogP contribution in [0.2, 0.25) is 0 Å². The summed E-state index contributed by atoms with van der Waals surface area (Å²) in [5.41, 5.74) is 24.2. The number of furan rings is 1. The Labute approximate surface area is 364 Å². The zero-order chi connectivity index (χ0) is 41.7. The predicted molar refractivity (Wildman–Crippen MR) is 259 cm³/mol. The lowest BCUT2D eigenvalue weighted by molar-refractivity contribution is 0.332. The van der Waals surface area contributed by atoms with Crippen LogP contribution in [0.5, 0.6) is 0 Å². The van der Waals surface area contributed by atoms with Crippen LogP contribution in [0.4, 0.5) is 28.4 Å². The van der Waals surface area contributed by atoms with Gasteiger partial charge in [0.2, 0.25) is 0 Å². The van der Waals surface area contributed by atoms with Crippen molar-refractivity contribution in [3.05, 3.63) is 197 Å². The summed E-state index contributed by atoms with van der Waals surface area (Å²) >= 11 is 0. The standard InChI is InChI=1S/C58H46BN2O/c1-34-31-40(38-26-28-51-52(39-17-8-13-24-50(39)62-51)54(38)60-35-25-27-43-46(33-35)57(4,5)30-29-56(43,2)3)53-49(32-34)61-48-23-12-11-20-44(48)58(45-21-14-22-47(59-53)55(45)61)41-18-9-6-15-36(41)37-16-7-10-19-42(37)58/h6-28,31-33,60H,29-30H2,1-5H3. The van der Waals surface area contributed by atoms with Crippen molar-refractivity contribution < 1.29 is 4.42 Å². The maximum absolute atomic E-state index is 6.59. The molecule has 4 heteroatoms. The molecule has 1 radical (unpaired) electrons. The summed E-state index contributed by atoms with van der Waals surface area (Å²) in [5, 5.41) is 6.29. The maximum atomic E-state index is 6.59. The van der Waals surface area contributed by atoms with E-state index >= 15 is 0 Å². The second-order valence-electron chi connectivity index (χ2n) is 19.4. The number of aryl methyl sites for hydroxylation is 1. The fraction of sp³-hybridized carbons (Fsp3) is 0.172. The van der Waals surface area contributed by atoms with E-state index in [0.717, 1.165) is 45.3 Å². The molecule has 62 heavy (non-hydrogen) atoms. The highest BCUT2D eigenvalue weighted by atomic mass is 16.3. The number of nitrogens with one attached hydrogen (secondary N) is 1. The molecular formula is C58H46BN2O. The summed E-state index contributed by atoms with van der Waals surface area (Å²) in [5.74, 6) is 0. The molecule has 0 amide bonds. The van der Waals surface area contributed by atoms with Gasteiger partial charge >= 0.3 is 0 Å². The Morgan fingerprint density at radius 2 is 1.21 bits per heavy atom. The van der Waals surface area contributed by atoms with Gasteiger partial charge < -0.3 is 14.6 Å². The van der Waals surface area contributed by atoms with Crippen molar-refractivity contribution in [2.75, 3.05) is 10.2 Å². The van der Waals surface area contributed by atoms with Gasteiger partial charge in [0.05, 0.1) is 22.2 Å². The number of para-hydroxylation sites is 3. The molecule has 1 spiro atoms. The monoisotopic (exact) mass is 797 g/mol. The van der Waals surface area contributed by atoms with E-state index in [2.05, 4.69) is 210 Å². The first-order valence-corrected chi connectivity index (χ1v) is 22.2. The molecule has 0 bridgehead atoms. The molecule has 3 heterocycles. The van der Waals surface area contributed by atoms with E-state index in [1.807, 2.05) is 0 Å². The van der Waals surface area contributed by atoms with Gasteiger partial charge in [-0.3, -0.25) is 0 Å². The number of rotatable bonds is 3. The van der Waals surface area contributed by atoms with Gasteiger partial charge in [0.15, 0.2) is 7.28 Å². The van der Waals surface area contributed by atoms with E-state index in [1.165, 1.54) is 90.0 Å². The molecule has 3 nitrogen and oxygen atoms in total. The Bertz CT molecular complexity index is 3360. The second kappa shape index (κ2) is 12.4. The lowest BCUT2D eigenvalue weighted by atomic mass is 9.54. The van der Waals surface area contributed by atoms with Gasteiger partial charge in [0, 0.05) is 28.0 Å². The van der Waals surface area contributed by atoms with Crippen molar-refractivity contribution in [2.45, 2.75) is 63.7 Å². The minimum absolute atomic E-state index is 0.0858. The average molecular weight is 798 g/mol. The van der Waals surface area contributed by atoms with Gasteiger partial charge in [0.25, 0.3) is 0 Å². The van der Waals surface area contributed by atoms with Crippen LogP contribution in [0.15, 0.2) is 162 Å². The summed E-state index contributed by atoms with van der Waals surface area (Å²) in [7, 11) is 2.46. The summed E-state index contributed by atoms with van der Waals surface area (Å²) in [4.78, 5) is 2.58. The van der Waals surface area contributed by atoms with E-state index in [-0.39, 0.29) is 10.8 Å². The Balaban J connectivity index is 1.06. The van der Waals surface area contributed by atoms with Crippen LogP contribution in [0.1, 0.15) is 79.5 Å². The van der Waals surface area contributed by atoms with Crippen molar-refractivity contribution in [3.63, 3.8) is 0 Å². The Morgan fingerprint density at radius 3 is 2.00 bits per heavy atom. The summed E-state index contributed by atoms with van der Waals surface area (Å²) < 4.78 is 6.59. The first-order valence-electron chi connectivity index (χ1n) is 22.2. The molecule has 4 aliphatic rings. The van der Waals surface area contributed by atoms with Crippen LogP contribution < -0.4 is 21.1 Å². The number of nitrogens with zero attached hydrogens (tertiary/aromatic N) is 1. The van der Waals surface area contributed by atoms with Gasteiger partial charge in [-0.1, -0.05) is 148 Å². The highest BCUT2D eigenvalue weighted by Crippen LogP contribution is 2.63. The molecule has 13 rings (SSSR count). The molecule has 2 aliphatic carbocycles. The van der Waals surface area contributed by atoms with Gasteiger partial charge in [-0.2, -0.15) is 0 Å². The third kappa shape index (κ3) is 4.67. The molecule has 1 N–H and O–H groups in total. The second-order valence-corrected chi connectivity index (χ2v) is 19.4. The first-order chi connectivity index (χ1) is 30.1. The molecule has 8 aromatic carbocycles. The van der Waals surface area contributed by atoms with E-state index in [0.29, 0.717) is 0 Å². The molecular weight excluding hydrogens is 751 g/mol. The number of anilines is 5. The number of hydrogen-bond acceptors (Lipinski definition) is 3. The third-order valence-electron chi connectivity index (χ3n) is 15.0. The van der Waals surface area contributed by atoms with Gasteiger partial charge in [-0.05, 0) is 134 Å². The SMILES string of the molecule is Cc1cc(-c2ccc3oc4ccccc4c3c2Nc2ccc3c(c2)C(C)(C)CCC3(C)C)c2c(c1)N1c3ccccc3C3(c4ccccc4-c4ccccc43)c3cccc(c31)[B]2. The van der Waals surface area contributed by atoms with Crippen molar-refractivity contribution in [3.8, 4) is 22.3 Å². The highest BCUT2D eigenvalue weighted by Gasteiger charge is 2.53. The average Bonchev–Trinajstić information content (AvgIpc) is 3.81. The fourth-order valence-corrected chi connectivity index (χ4v) is 12.0. The molecule has 1 aromatic heterocycles. The number of hydrogen-bond donors (Lipinski definition) is 1. The summed E-state index contributed by atoms with van der Waals surface area (Å²) in [6.07, 6.45) is 2.35. The molecule has 0 unspecified atom stereocenters. The van der Waals surface area contributed by atoms with E-state index < -0.39 is 5.41 Å². The van der Waals surface area contributed by atoms with Gasteiger partial charge in [0.1, 0.15) is 11.2 Å². The van der Waals surface area contributed by atoms with Crippen molar-refractivity contribution in [1.82, 2.24) is 0 Å². The van der Waals surface area contributed by atoms with E-state index in [1.54, 1.807) is 0 Å². The van der Waals surface area contributed by atoms with Gasteiger partial charge in [-0.15, -0.1) is 0 Å². The lowest BCUT2D eigenvalue weighted by Gasteiger charge is -2.48. The maximum Gasteiger partial charge on any atom is 0.197 e. The molecule has 9 aromatic rings. The van der Waals surface area contributed by atoms with Crippen LogP contribution in [-0.4, -0.2) is 7.28 Å². The molecule has 0 atom stereocenters. The van der Waals surface area contributed by atoms with Crippen LogP contribution in [-0.2, 0) is 16.2 Å². The normalized spacial score (nSPS) is 16.5. The highest BCUT2D eigenvalue weighted by molar-refractivity contribution is 6.73. The van der Waals surface area contributed by atoms with Crippen molar-refractivity contribution in [2.24, 2.45) is 0 Å². The molecule has 0 saturated heterocycles. The van der Waals surface area contributed by atoms with Gasteiger partial charge in [-0.25, -0.2) is 0 Å². The molecule has 0 fully saturated rings. The predicted octanol–water partition coefficient (Wildman–Crippen LogP) is 13.8. The number of benzene rings is 8.